The maximum Gasteiger partial charge on any atom is 0.305 e. The van der Waals surface area contributed by atoms with Crippen molar-refractivity contribution < 1.29 is 24.5 Å². The molecule has 0 spiro atoms. The molecule has 0 aromatic carbocycles. The van der Waals surface area contributed by atoms with Crippen molar-refractivity contribution >= 4 is 11.9 Å². The van der Waals surface area contributed by atoms with Gasteiger partial charge in [-0.15, -0.1) is 0 Å². The molecule has 0 aliphatic heterocycles. The van der Waals surface area contributed by atoms with Crippen LogP contribution in [0.2, 0.25) is 0 Å². The average molecular weight is 1010 g/mol. The third-order valence-corrected chi connectivity index (χ3v) is 14.9. The van der Waals surface area contributed by atoms with Gasteiger partial charge in [-0.1, -0.05) is 288 Å². The standard InChI is InChI=1S/C66H125NO5/c1-3-5-7-9-11-13-15-17-19-21-22-24-27-30-34-38-42-46-50-54-58-64(69)63(62-68)67-65(70)59-55-51-47-43-39-35-31-28-25-23-26-29-33-37-41-45-49-53-57-61-72-66(71)60-56-52-48-44-40-36-32-20-18-16-14-12-10-8-6-4-2/h20,23,25,32,54,58,63-64,68-69H,3-19,21-22,24,26-31,33-53,55-57,59-62H2,1-2H3,(H,67,70)/b25-23-,32-20-,58-54+. The molecule has 0 aliphatic rings. The van der Waals surface area contributed by atoms with E-state index in [2.05, 4.69) is 43.5 Å². The van der Waals surface area contributed by atoms with Crippen LogP contribution >= 0.6 is 0 Å². The Kier molecular flexibility index (Phi) is 60.0. The third-order valence-electron chi connectivity index (χ3n) is 14.9. The number of carbonyl (C=O) groups is 2. The van der Waals surface area contributed by atoms with Crippen molar-refractivity contribution in [3.63, 3.8) is 0 Å². The summed E-state index contributed by atoms with van der Waals surface area (Å²) in [5.41, 5.74) is 0. The maximum absolute atomic E-state index is 12.5. The molecule has 72 heavy (non-hydrogen) atoms. The van der Waals surface area contributed by atoms with Crippen LogP contribution in [0.1, 0.15) is 348 Å². The first kappa shape index (κ1) is 70.1. The lowest BCUT2D eigenvalue weighted by atomic mass is 10.0. The molecule has 0 aromatic heterocycles. The van der Waals surface area contributed by atoms with E-state index >= 15 is 0 Å². The number of amides is 1. The molecule has 3 N–H and O–H groups in total. The van der Waals surface area contributed by atoms with E-state index in [1.54, 1.807) is 6.08 Å². The van der Waals surface area contributed by atoms with Crippen LogP contribution in [0.25, 0.3) is 0 Å². The van der Waals surface area contributed by atoms with E-state index in [1.807, 2.05) is 6.08 Å². The second kappa shape index (κ2) is 61.6. The molecule has 0 saturated heterocycles. The largest absolute Gasteiger partial charge is 0.466 e. The van der Waals surface area contributed by atoms with Crippen LogP contribution in [0.5, 0.6) is 0 Å². The van der Waals surface area contributed by atoms with Gasteiger partial charge in [0, 0.05) is 12.8 Å². The lowest BCUT2D eigenvalue weighted by Gasteiger charge is -2.20. The molecule has 6 nitrogen and oxygen atoms in total. The van der Waals surface area contributed by atoms with Crippen molar-refractivity contribution in [3.8, 4) is 0 Å². The number of hydrogen-bond donors (Lipinski definition) is 3. The SMILES string of the molecule is CCCCCCCCC/C=C\CCCCCCCC(=O)OCCCCCCCCCC/C=C\CCCCCCCCCC(=O)NC(CO)C(O)/C=C/CCCCCCCCCCCCCCCCCCCC. The fraction of sp³-hybridized carbons (Fsp3) is 0.879. The molecule has 2 atom stereocenters. The van der Waals surface area contributed by atoms with Gasteiger partial charge in [-0.05, 0) is 83.5 Å². The monoisotopic (exact) mass is 1010 g/mol. The molecule has 2 unspecified atom stereocenters. The number of hydrogen-bond acceptors (Lipinski definition) is 5. The van der Waals surface area contributed by atoms with Gasteiger partial charge in [-0.25, -0.2) is 0 Å². The number of aliphatic hydroxyl groups excluding tert-OH is 2. The molecule has 0 aliphatic carbocycles. The number of unbranched alkanes of at least 4 members (excludes halogenated alkanes) is 45. The van der Waals surface area contributed by atoms with Crippen LogP contribution in [-0.4, -0.2) is 47.4 Å². The number of allylic oxidation sites excluding steroid dienone is 5. The molecule has 0 heterocycles. The Hall–Kier alpha value is -1.92. The fourth-order valence-electron chi connectivity index (χ4n) is 9.92. The van der Waals surface area contributed by atoms with Crippen molar-refractivity contribution in [1.29, 1.82) is 0 Å². The lowest BCUT2D eigenvalue weighted by molar-refractivity contribution is -0.143. The molecule has 0 fully saturated rings. The highest BCUT2D eigenvalue weighted by atomic mass is 16.5. The summed E-state index contributed by atoms with van der Waals surface area (Å²) in [6.45, 7) is 4.91. The second-order valence-corrected chi connectivity index (χ2v) is 22.1. The van der Waals surface area contributed by atoms with E-state index in [9.17, 15) is 19.8 Å². The molecule has 0 bridgehead atoms. The summed E-state index contributed by atoms with van der Waals surface area (Å²) in [6, 6.07) is -0.636. The fourth-order valence-corrected chi connectivity index (χ4v) is 9.92. The van der Waals surface area contributed by atoms with E-state index in [0.29, 0.717) is 19.4 Å². The Bertz CT molecular complexity index is 1170. The maximum atomic E-state index is 12.5. The summed E-state index contributed by atoms with van der Waals surface area (Å²) in [5, 5.41) is 23.2. The number of esters is 1. The number of nitrogens with one attached hydrogen (secondary N) is 1. The quantitative estimate of drug-likeness (QED) is 0.0320. The Morgan fingerprint density at radius 3 is 0.986 bits per heavy atom. The molecule has 424 valence electrons. The van der Waals surface area contributed by atoms with Gasteiger partial charge in [0.1, 0.15) is 0 Å². The number of rotatable bonds is 60. The predicted molar refractivity (Wildman–Crippen MR) is 315 cm³/mol. The first-order valence-electron chi connectivity index (χ1n) is 32.3. The molecule has 0 rings (SSSR count). The molecule has 0 aromatic rings. The Labute approximate surface area is 449 Å². The summed E-state index contributed by atoms with van der Waals surface area (Å²) in [4.78, 5) is 24.6. The van der Waals surface area contributed by atoms with Crippen LogP contribution in [0.15, 0.2) is 36.5 Å². The van der Waals surface area contributed by atoms with Gasteiger partial charge in [0.15, 0.2) is 0 Å². The van der Waals surface area contributed by atoms with Gasteiger partial charge in [0.25, 0.3) is 0 Å². The summed E-state index contributed by atoms with van der Waals surface area (Å²) in [5.74, 6) is -0.0792. The van der Waals surface area contributed by atoms with E-state index in [0.717, 1.165) is 51.4 Å². The van der Waals surface area contributed by atoms with Crippen LogP contribution in [0.3, 0.4) is 0 Å². The first-order valence-corrected chi connectivity index (χ1v) is 32.3. The molecular weight excluding hydrogens is 887 g/mol. The molecule has 1 amide bonds. The van der Waals surface area contributed by atoms with Crippen LogP contribution in [-0.2, 0) is 14.3 Å². The normalized spacial score (nSPS) is 12.8. The molecular formula is C66H125NO5. The van der Waals surface area contributed by atoms with E-state index in [1.165, 1.54) is 270 Å². The summed E-state index contributed by atoms with van der Waals surface area (Å²) in [7, 11) is 0. The first-order chi connectivity index (χ1) is 35.5. The number of ether oxygens (including phenoxy) is 1. The minimum Gasteiger partial charge on any atom is -0.466 e. The van der Waals surface area contributed by atoms with Crippen molar-refractivity contribution in [2.75, 3.05) is 13.2 Å². The zero-order valence-corrected chi connectivity index (χ0v) is 48.4. The van der Waals surface area contributed by atoms with Crippen LogP contribution in [0, 0.1) is 0 Å². The average Bonchev–Trinajstić information content (AvgIpc) is 3.38. The Morgan fingerprint density at radius 2 is 0.653 bits per heavy atom. The summed E-state index contributed by atoms with van der Waals surface area (Å²) in [6.07, 6.45) is 77.6. The topological polar surface area (TPSA) is 95.9 Å². The minimum atomic E-state index is -0.852. The van der Waals surface area contributed by atoms with Crippen molar-refractivity contribution in [2.24, 2.45) is 0 Å². The van der Waals surface area contributed by atoms with Gasteiger partial charge >= 0.3 is 5.97 Å². The van der Waals surface area contributed by atoms with Crippen molar-refractivity contribution in [3.05, 3.63) is 36.5 Å². The smallest absolute Gasteiger partial charge is 0.305 e. The van der Waals surface area contributed by atoms with Gasteiger partial charge in [0.05, 0.1) is 25.4 Å². The highest BCUT2D eigenvalue weighted by Gasteiger charge is 2.18. The Balaban J connectivity index is 3.47. The summed E-state index contributed by atoms with van der Waals surface area (Å²) >= 11 is 0. The predicted octanol–water partition coefficient (Wildman–Crippen LogP) is 20.4. The second-order valence-electron chi connectivity index (χ2n) is 22.1. The highest BCUT2D eigenvalue weighted by molar-refractivity contribution is 5.76. The zero-order chi connectivity index (χ0) is 52.2. The number of carbonyl (C=O) groups excluding carboxylic acids is 2. The summed E-state index contributed by atoms with van der Waals surface area (Å²) < 4.78 is 5.48. The lowest BCUT2D eigenvalue weighted by Crippen LogP contribution is -2.45. The zero-order valence-electron chi connectivity index (χ0n) is 48.4. The van der Waals surface area contributed by atoms with Crippen molar-refractivity contribution in [1.82, 2.24) is 5.32 Å². The van der Waals surface area contributed by atoms with E-state index in [4.69, 9.17) is 4.74 Å². The Morgan fingerprint density at radius 1 is 0.375 bits per heavy atom. The van der Waals surface area contributed by atoms with E-state index in [-0.39, 0.29) is 18.5 Å². The molecule has 0 saturated carbocycles. The van der Waals surface area contributed by atoms with E-state index < -0.39 is 12.1 Å². The molecule has 0 radical (unpaired) electrons. The van der Waals surface area contributed by atoms with Gasteiger partial charge in [-0.2, -0.15) is 0 Å². The van der Waals surface area contributed by atoms with Gasteiger partial charge in [-0.3, -0.25) is 9.59 Å². The van der Waals surface area contributed by atoms with Crippen LogP contribution in [0.4, 0.5) is 0 Å². The third kappa shape index (κ3) is 57.4. The minimum absolute atomic E-state index is 0.00388. The number of aliphatic hydroxyl groups is 2. The van der Waals surface area contributed by atoms with Crippen molar-refractivity contribution in [2.45, 2.75) is 360 Å². The van der Waals surface area contributed by atoms with Gasteiger partial charge < -0.3 is 20.3 Å². The molecule has 6 heteroatoms. The highest BCUT2D eigenvalue weighted by Crippen LogP contribution is 2.17. The van der Waals surface area contributed by atoms with Gasteiger partial charge in [0.2, 0.25) is 5.91 Å². The van der Waals surface area contributed by atoms with Crippen LogP contribution < -0.4 is 5.32 Å².